The zero-order chi connectivity index (χ0) is 19.5. The van der Waals surface area contributed by atoms with Gasteiger partial charge in [0.05, 0.1) is 17.4 Å². The number of ketones is 1. The van der Waals surface area contributed by atoms with Crippen molar-refractivity contribution in [2.24, 2.45) is 5.92 Å². The molecule has 5 heteroatoms. The first-order chi connectivity index (χ1) is 13.6. The van der Waals surface area contributed by atoms with Gasteiger partial charge in [0.2, 0.25) is 6.54 Å². The van der Waals surface area contributed by atoms with Gasteiger partial charge < -0.3 is 4.74 Å². The van der Waals surface area contributed by atoms with Gasteiger partial charge in [-0.2, -0.15) is 0 Å². The Morgan fingerprint density at radius 3 is 2.18 bits per heavy atom. The molecule has 0 saturated carbocycles. The number of hydrogen-bond donors (Lipinski definition) is 0. The standard InChI is InChI=1S/C23H19NO4/c25-22-18-13-7-8-14-20(18)28-23(17-11-5-2-6-12-17)21(22)19(15-24(26)27)16-9-3-1-4-10-16/h1-14,19,21,23H,15H2. The van der Waals surface area contributed by atoms with Crippen LogP contribution in [0.4, 0.5) is 0 Å². The van der Waals surface area contributed by atoms with Crippen LogP contribution in [0, 0.1) is 16.0 Å². The third-order valence-electron chi connectivity index (χ3n) is 5.17. The van der Waals surface area contributed by atoms with E-state index in [0.717, 1.165) is 11.1 Å². The van der Waals surface area contributed by atoms with Crippen LogP contribution in [0.25, 0.3) is 0 Å². The van der Waals surface area contributed by atoms with Gasteiger partial charge in [-0.15, -0.1) is 0 Å². The summed E-state index contributed by atoms with van der Waals surface area (Å²) in [4.78, 5) is 24.6. The van der Waals surface area contributed by atoms with Crippen LogP contribution < -0.4 is 4.74 Å². The highest BCUT2D eigenvalue weighted by Gasteiger charge is 2.45. The summed E-state index contributed by atoms with van der Waals surface area (Å²) in [7, 11) is 0. The van der Waals surface area contributed by atoms with Crippen molar-refractivity contribution in [3.05, 3.63) is 112 Å². The van der Waals surface area contributed by atoms with Crippen LogP contribution in [0.2, 0.25) is 0 Å². The van der Waals surface area contributed by atoms with E-state index in [1.54, 1.807) is 18.2 Å². The molecule has 1 aliphatic rings. The van der Waals surface area contributed by atoms with Gasteiger partial charge in [-0.05, 0) is 23.3 Å². The van der Waals surface area contributed by atoms with Crippen molar-refractivity contribution >= 4 is 5.78 Å². The van der Waals surface area contributed by atoms with Crippen molar-refractivity contribution in [3.63, 3.8) is 0 Å². The molecule has 0 spiro atoms. The molecule has 28 heavy (non-hydrogen) atoms. The summed E-state index contributed by atoms with van der Waals surface area (Å²) in [6.45, 7) is -0.338. The summed E-state index contributed by atoms with van der Waals surface area (Å²) in [5, 5.41) is 11.5. The third kappa shape index (κ3) is 3.39. The molecule has 3 atom stereocenters. The molecule has 4 rings (SSSR count). The van der Waals surface area contributed by atoms with Crippen LogP contribution in [0.3, 0.4) is 0 Å². The highest BCUT2D eigenvalue weighted by Crippen LogP contribution is 2.45. The zero-order valence-corrected chi connectivity index (χ0v) is 15.1. The quantitative estimate of drug-likeness (QED) is 0.481. The molecule has 0 fully saturated rings. The summed E-state index contributed by atoms with van der Waals surface area (Å²) in [6.07, 6.45) is -0.589. The molecule has 0 aliphatic carbocycles. The summed E-state index contributed by atoms with van der Waals surface area (Å²) in [5.41, 5.74) is 2.07. The number of benzene rings is 3. The van der Waals surface area contributed by atoms with Gasteiger partial charge in [0.25, 0.3) is 0 Å². The van der Waals surface area contributed by atoms with Crippen molar-refractivity contribution in [2.75, 3.05) is 6.54 Å². The monoisotopic (exact) mass is 373 g/mol. The molecule has 0 saturated heterocycles. The zero-order valence-electron chi connectivity index (χ0n) is 15.1. The van der Waals surface area contributed by atoms with Crippen LogP contribution in [0.15, 0.2) is 84.9 Å². The minimum absolute atomic E-state index is 0.119. The van der Waals surface area contributed by atoms with Crippen molar-refractivity contribution in [1.82, 2.24) is 0 Å². The lowest BCUT2D eigenvalue weighted by Gasteiger charge is -2.36. The van der Waals surface area contributed by atoms with E-state index in [1.165, 1.54) is 0 Å². The predicted octanol–water partition coefficient (Wildman–Crippen LogP) is 4.68. The van der Waals surface area contributed by atoms with E-state index in [4.69, 9.17) is 4.74 Å². The van der Waals surface area contributed by atoms with Crippen LogP contribution in [-0.2, 0) is 0 Å². The number of nitrogens with zero attached hydrogens (tertiary/aromatic N) is 1. The number of ether oxygens (including phenoxy) is 1. The summed E-state index contributed by atoms with van der Waals surface area (Å²) in [5.74, 6) is -0.885. The molecule has 1 heterocycles. The Balaban J connectivity index is 1.86. The highest BCUT2D eigenvalue weighted by molar-refractivity contribution is 6.02. The Labute approximate surface area is 162 Å². The molecular weight excluding hydrogens is 354 g/mol. The lowest BCUT2D eigenvalue weighted by molar-refractivity contribution is -0.484. The molecule has 3 aromatic carbocycles. The average molecular weight is 373 g/mol. The number of hydrogen-bond acceptors (Lipinski definition) is 4. The van der Waals surface area contributed by atoms with Crippen molar-refractivity contribution in [1.29, 1.82) is 0 Å². The first-order valence-electron chi connectivity index (χ1n) is 9.16. The lowest BCUT2D eigenvalue weighted by atomic mass is 9.74. The van der Waals surface area contributed by atoms with Crippen molar-refractivity contribution in [2.45, 2.75) is 12.0 Å². The van der Waals surface area contributed by atoms with E-state index >= 15 is 0 Å². The number of fused-ring (bicyclic) bond motifs is 1. The largest absolute Gasteiger partial charge is 0.484 e. The molecule has 3 unspecified atom stereocenters. The van der Waals surface area contributed by atoms with Gasteiger partial charge in [0.1, 0.15) is 11.9 Å². The Hall–Kier alpha value is -3.47. The van der Waals surface area contributed by atoms with Gasteiger partial charge in [0, 0.05) is 4.92 Å². The Kier molecular flexibility index (Phi) is 4.89. The van der Waals surface area contributed by atoms with Crippen LogP contribution in [-0.4, -0.2) is 17.3 Å². The summed E-state index contributed by atoms with van der Waals surface area (Å²) in [6, 6.07) is 25.7. The maximum Gasteiger partial charge on any atom is 0.211 e. The SMILES string of the molecule is O=C1c2ccccc2OC(c2ccccc2)C1C(C[N+](=O)[O-])c1ccccc1. The molecule has 1 aliphatic heterocycles. The minimum atomic E-state index is -0.690. The number of carbonyl (C=O) groups is 1. The van der Waals surface area contributed by atoms with Crippen molar-refractivity contribution < 1.29 is 14.5 Å². The molecule has 0 bridgehead atoms. The van der Waals surface area contributed by atoms with E-state index in [1.807, 2.05) is 66.7 Å². The molecular formula is C23H19NO4. The summed E-state index contributed by atoms with van der Waals surface area (Å²) >= 11 is 0. The smallest absolute Gasteiger partial charge is 0.211 e. The van der Waals surface area contributed by atoms with Crippen molar-refractivity contribution in [3.8, 4) is 5.75 Å². The number of nitro groups is 1. The van der Waals surface area contributed by atoms with E-state index in [-0.39, 0.29) is 17.3 Å². The molecule has 3 aromatic rings. The summed E-state index contributed by atoms with van der Waals surface area (Å²) < 4.78 is 6.24. The molecule has 140 valence electrons. The van der Waals surface area contributed by atoms with Crippen LogP contribution in [0.1, 0.15) is 33.5 Å². The second-order valence-corrected chi connectivity index (χ2v) is 6.87. The maximum atomic E-state index is 13.5. The Bertz CT molecular complexity index is 988. The predicted molar refractivity (Wildman–Crippen MR) is 105 cm³/mol. The third-order valence-corrected chi connectivity index (χ3v) is 5.17. The molecule has 0 aromatic heterocycles. The first kappa shape index (κ1) is 17.9. The van der Waals surface area contributed by atoms with E-state index in [9.17, 15) is 14.9 Å². The number of carbonyl (C=O) groups excluding carboxylic acids is 1. The molecule has 0 N–H and O–H groups in total. The Morgan fingerprint density at radius 2 is 1.50 bits per heavy atom. The van der Waals surface area contributed by atoms with Gasteiger partial charge in [-0.1, -0.05) is 72.8 Å². The van der Waals surface area contributed by atoms with Crippen LogP contribution >= 0.6 is 0 Å². The van der Waals surface area contributed by atoms with Gasteiger partial charge >= 0.3 is 0 Å². The van der Waals surface area contributed by atoms with E-state index in [0.29, 0.717) is 11.3 Å². The lowest BCUT2D eigenvalue weighted by Crippen LogP contribution is -2.38. The van der Waals surface area contributed by atoms with Gasteiger partial charge in [0.15, 0.2) is 5.78 Å². The first-order valence-corrected chi connectivity index (χ1v) is 9.16. The normalized spacial score (nSPS) is 19.4. The minimum Gasteiger partial charge on any atom is -0.484 e. The number of para-hydroxylation sites is 1. The maximum absolute atomic E-state index is 13.5. The number of Topliss-reactive ketones (excluding diaryl/α,β-unsaturated/α-hetero) is 1. The Morgan fingerprint density at radius 1 is 0.893 bits per heavy atom. The average Bonchev–Trinajstić information content (AvgIpc) is 2.73. The second kappa shape index (κ2) is 7.64. The van der Waals surface area contributed by atoms with E-state index in [2.05, 4.69) is 0 Å². The number of rotatable bonds is 5. The van der Waals surface area contributed by atoms with Crippen LogP contribution in [0.5, 0.6) is 5.75 Å². The second-order valence-electron chi connectivity index (χ2n) is 6.87. The highest BCUT2D eigenvalue weighted by atomic mass is 16.6. The fourth-order valence-corrected chi connectivity index (χ4v) is 3.90. The van der Waals surface area contributed by atoms with E-state index < -0.39 is 17.9 Å². The topological polar surface area (TPSA) is 69.4 Å². The van der Waals surface area contributed by atoms with Gasteiger partial charge in [-0.3, -0.25) is 14.9 Å². The molecule has 0 amide bonds. The fourth-order valence-electron chi connectivity index (χ4n) is 3.90. The fraction of sp³-hybridized carbons (Fsp3) is 0.174. The molecule has 5 nitrogen and oxygen atoms in total. The molecule has 0 radical (unpaired) electrons. The van der Waals surface area contributed by atoms with Gasteiger partial charge in [-0.25, -0.2) is 0 Å².